The Morgan fingerprint density at radius 1 is 1.35 bits per heavy atom. The van der Waals surface area contributed by atoms with E-state index in [1.54, 1.807) is 0 Å². The monoisotopic (exact) mass is 258 g/mol. The van der Waals surface area contributed by atoms with E-state index in [0.717, 1.165) is 12.8 Å². The molecule has 96 valence electrons. The number of rotatable bonds is 6. The molecule has 0 aliphatic rings. The number of hydrogen-bond donors (Lipinski definition) is 1. The van der Waals surface area contributed by atoms with E-state index in [1.807, 2.05) is 6.92 Å². The van der Waals surface area contributed by atoms with Gasteiger partial charge in [0.2, 0.25) is 0 Å². The normalized spacial score (nSPS) is 12.8. The average Bonchev–Trinajstić information content (AvgIpc) is 2.21. The van der Waals surface area contributed by atoms with Crippen LogP contribution in [0.3, 0.4) is 0 Å². The molecule has 0 bridgehead atoms. The van der Waals surface area contributed by atoms with E-state index in [-0.39, 0.29) is 11.9 Å². The maximum Gasteiger partial charge on any atom is 0.166 e. The van der Waals surface area contributed by atoms with Crippen LogP contribution < -0.4 is 5.32 Å². The summed E-state index contributed by atoms with van der Waals surface area (Å²) in [6, 6.07) is 1.49. The first-order valence-electron chi connectivity index (χ1n) is 6.06. The van der Waals surface area contributed by atoms with Crippen LogP contribution in [-0.4, -0.2) is 11.0 Å². The molecule has 2 nitrogen and oxygen atoms in total. The minimum Gasteiger partial charge on any atom is -0.365 e. The standard InChI is InChI=1S/C13H20ClFN2/c1-9(2)5-4-6-10(3)17-13-12(15)7-11(14)8-16-13/h7-10H,4-6H2,1-3H3,(H,16,17). The quantitative estimate of drug-likeness (QED) is 0.813. The molecule has 0 radical (unpaired) electrons. The number of nitrogens with one attached hydrogen (secondary N) is 1. The van der Waals surface area contributed by atoms with E-state index in [0.29, 0.717) is 10.9 Å². The summed E-state index contributed by atoms with van der Waals surface area (Å²) in [6.45, 7) is 6.45. The van der Waals surface area contributed by atoms with Gasteiger partial charge in [-0.3, -0.25) is 0 Å². The van der Waals surface area contributed by atoms with Crippen LogP contribution >= 0.6 is 11.6 Å². The van der Waals surface area contributed by atoms with Gasteiger partial charge in [-0.05, 0) is 25.3 Å². The van der Waals surface area contributed by atoms with Crippen molar-refractivity contribution >= 4 is 17.4 Å². The first kappa shape index (κ1) is 14.2. The van der Waals surface area contributed by atoms with Gasteiger partial charge in [-0.2, -0.15) is 0 Å². The minimum atomic E-state index is -0.395. The zero-order chi connectivity index (χ0) is 12.8. The van der Waals surface area contributed by atoms with Crippen LogP contribution in [0.25, 0.3) is 0 Å². The van der Waals surface area contributed by atoms with Gasteiger partial charge in [-0.15, -0.1) is 0 Å². The number of pyridine rings is 1. The van der Waals surface area contributed by atoms with Crippen molar-refractivity contribution < 1.29 is 4.39 Å². The summed E-state index contributed by atoms with van der Waals surface area (Å²) in [6.07, 6.45) is 4.80. The fourth-order valence-electron chi connectivity index (χ4n) is 1.66. The van der Waals surface area contributed by atoms with Crippen molar-refractivity contribution in [3.8, 4) is 0 Å². The Balaban J connectivity index is 2.42. The zero-order valence-corrected chi connectivity index (χ0v) is 11.4. The molecule has 17 heavy (non-hydrogen) atoms. The molecule has 0 saturated heterocycles. The summed E-state index contributed by atoms with van der Waals surface area (Å²) in [5.74, 6) is 0.604. The molecule has 4 heteroatoms. The third kappa shape index (κ3) is 5.35. The maximum absolute atomic E-state index is 13.5. The van der Waals surface area contributed by atoms with Crippen LogP contribution in [0.5, 0.6) is 0 Å². The Labute approximate surface area is 108 Å². The molecule has 1 unspecified atom stereocenters. The fourth-order valence-corrected chi connectivity index (χ4v) is 1.80. The van der Waals surface area contributed by atoms with Gasteiger partial charge in [0.1, 0.15) is 0 Å². The Bertz CT molecular complexity index is 355. The van der Waals surface area contributed by atoms with Crippen LogP contribution in [0.2, 0.25) is 5.02 Å². The van der Waals surface area contributed by atoms with E-state index in [1.165, 1.54) is 18.7 Å². The molecule has 0 aliphatic carbocycles. The fraction of sp³-hybridized carbons (Fsp3) is 0.615. The summed E-state index contributed by atoms with van der Waals surface area (Å²) in [5.41, 5.74) is 0. The van der Waals surface area contributed by atoms with Crippen molar-refractivity contribution in [2.75, 3.05) is 5.32 Å². The van der Waals surface area contributed by atoms with Crippen LogP contribution in [0.1, 0.15) is 40.0 Å². The van der Waals surface area contributed by atoms with Gasteiger partial charge in [-0.1, -0.05) is 38.3 Å². The van der Waals surface area contributed by atoms with Gasteiger partial charge >= 0.3 is 0 Å². The molecule has 0 aromatic carbocycles. The lowest BCUT2D eigenvalue weighted by Crippen LogP contribution is -2.17. The lowest BCUT2D eigenvalue weighted by Gasteiger charge is -2.15. The highest BCUT2D eigenvalue weighted by Gasteiger charge is 2.08. The van der Waals surface area contributed by atoms with Crippen LogP contribution in [0, 0.1) is 11.7 Å². The second kappa shape index (κ2) is 6.80. The van der Waals surface area contributed by atoms with Crippen molar-refractivity contribution in [2.24, 2.45) is 5.92 Å². The number of hydrogen-bond acceptors (Lipinski definition) is 2. The molecule has 1 rings (SSSR count). The number of aromatic nitrogens is 1. The predicted molar refractivity (Wildman–Crippen MR) is 71.0 cm³/mol. The van der Waals surface area contributed by atoms with Gasteiger partial charge in [0.15, 0.2) is 11.6 Å². The van der Waals surface area contributed by atoms with E-state index < -0.39 is 5.82 Å². The molecule has 1 heterocycles. The molecule has 0 spiro atoms. The Kier molecular flexibility index (Phi) is 5.69. The highest BCUT2D eigenvalue weighted by Crippen LogP contribution is 2.17. The Hall–Kier alpha value is -0.830. The van der Waals surface area contributed by atoms with E-state index >= 15 is 0 Å². The SMILES string of the molecule is CC(C)CCCC(C)Nc1ncc(Cl)cc1F. The molecule has 0 fully saturated rings. The first-order chi connectivity index (χ1) is 7.99. The first-order valence-corrected chi connectivity index (χ1v) is 6.44. The molecule has 0 amide bonds. The molecule has 0 aliphatic heterocycles. The third-order valence-electron chi connectivity index (χ3n) is 2.61. The number of nitrogens with zero attached hydrogens (tertiary/aromatic N) is 1. The highest BCUT2D eigenvalue weighted by atomic mass is 35.5. The van der Waals surface area contributed by atoms with Crippen molar-refractivity contribution in [3.63, 3.8) is 0 Å². The van der Waals surface area contributed by atoms with Gasteiger partial charge in [0, 0.05) is 12.2 Å². The van der Waals surface area contributed by atoms with Gasteiger partial charge in [0.25, 0.3) is 0 Å². The largest absolute Gasteiger partial charge is 0.365 e. The lowest BCUT2D eigenvalue weighted by atomic mass is 10.0. The Morgan fingerprint density at radius 2 is 2.06 bits per heavy atom. The van der Waals surface area contributed by atoms with E-state index in [9.17, 15) is 4.39 Å². The van der Waals surface area contributed by atoms with E-state index in [2.05, 4.69) is 24.1 Å². The van der Waals surface area contributed by atoms with Crippen LogP contribution in [0.4, 0.5) is 10.2 Å². The summed E-state index contributed by atoms with van der Waals surface area (Å²) in [5, 5.41) is 3.39. The molecule has 0 saturated carbocycles. The van der Waals surface area contributed by atoms with Crippen molar-refractivity contribution in [3.05, 3.63) is 23.1 Å². The summed E-state index contributed by atoms with van der Waals surface area (Å²) in [4.78, 5) is 3.94. The number of anilines is 1. The van der Waals surface area contributed by atoms with Crippen molar-refractivity contribution in [1.29, 1.82) is 0 Å². The second-order valence-corrected chi connectivity index (χ2v) is 5.29. The molecule has 1 aromatic heterocycles. The third-order valence-corrected chi connectivity index (χ3v) is 2.82. The zero-order valence-electron chi connectivity index (χ0n) is 10.6. The van der Waals surface area contributed by atoms with Gasteiger partial charge < -0.3 is 5.32 Å². The average molecular weight is 259 g/mol. The lowest BCUT2D eigenvalue weighted by molar-refractivity contribution is 0.518. The maximum atomic E-state index is 13.5. The van der Waals surface area contributed by atoms with Crippen molar-refractivity contribution in [1.82, 2.24) is 4.98 Å². The predicted octanol–water partition coefficient (Wildman–Crippen LogP) is 4.50. The molecule has 1 atom stereocenters. The van der Waals surface area contributed by atoms with Crippen molar-refractivity contribution in [2.45, 2.75) is 46.1 Å². The highest BCUT2D eigenvalue weighted by molar-refractivity contribution is 6.30. The molecule has 1 aromatic rings. The molecular weight excluding hydrogens is 239 g/mol. The molecular formula is C13H20ClFN2. The Morgan fingerprint density at radius 3 is 2.65 bits per heavy atom. The second-order valence-electron chi connectivity index (χ2n) is 4.85. The van der Waals surface area contributed by atoms with Gasteiger partial charge in [0.05, 0.1) is 5.02 Å². The van der Waals surface area contributed by atoms with Crippen LogP contribution in [-0.2, 0) is 0 Å². The van der Waals surface area contributed by atoms with E-state index in [4.69, 9.17) is 11.6 Å². The topological polar surface area (TPSA) is 24.9 Å². The van der Waals surface area contributed by atoms with Gasteiger partial charge in [-0.25, -0.2) is 9.37 Å². The minimum absolute atomic E-state index is 0.219. The van der Waals surface area contributed by atoms with Crippen LogP contribution in [0.15, 0.2) is 12.3 Å². The smallest absolute Gasteiger partial charge is 0.166 e. The summed E-state index contributed by atoms with van der Waals surface area (Å²) in [7, 11) is 0. The molecule has 1 N–H and O–H groups in total. The summed E-state index contributed by atoms with van der Waals surface area (Å²) >= 11 is 5.64. The summed E-state index contributed by atoms with van der Waals surface area (Å²) < 4.78 is 13.5. The number of halogens is 2.